The molecule has 1 amide bonds. The highest BCUT2D eigenvalue weighted by molar-refractivity contribution is 7.59. The molecule has 0 saturated carbocycles. The Labute approximate surface area is 264 Å². The van der Waals surface area contributed by atoms with Crippen LogP contribution >= 0.6 is 24.8 Å². The van der Waals surface area contributed by atoms with E-state index in [-0.39, 0.29) is 37.9 Å². The molecule has 11 nitrogen and oxygen atoms in total. The van der Waals surface area contributed by atoms with Crippen LogP contribution in [-0.4, -0.2) is 67.7 Å². The zero-order valence-electron chi connectivity index (χ0n) is 25.4. The van der Waals surface area contributed by atoms with Gasteiger partial charge in [-0.2, -0.15) is 18.6 Å². The number of aryl methyl sites for hydroxylation is 1. The van der Waals surface area contributed by atoms with E-state index in [2.05, 4.69) is 5.10 Å². The van der Waals surface area contributed by atoms with Gasteiger partial charge in [0.2, 0.25) is 5.91 Å². The molecule has 0 aliphatic carbocycles. The van der Waals surface area contributed by atoms with Gasteiger partial charge in [-0.05, 0) is 64.8 Å². The van der Waals surface area contributed by atoms with Crippen LogP contribution in [-0.2, 0) is 21.6 Å². The summed E-state index contributed by atoms with van der Waals surface area (Å²) < 4.78 is 30.1. The molecule has 1 saturated heterocycles. The van der Waals surface area contributed by atoms with E-state index in [0.717, 1.165) is 17.4 Å². The van der Waals surface area contributed by atoms with Crippen molar-refractivity contribution < 1.29 is 23.8 Å². The number of ether oxygens (including phenoxy) is 2. The molecule has 1 aliphatic heterocycles. The van der Waals surface area contributed by atoms with Crippen LogP contribution in [0.4, 0.5) is 4.39 Å². The maximum Gasteiger partial charge on any atom is 0.333 e. The summed E-state index contributed by atoms with van der Waals surface area (Å²) in [6.07, 6.45) is 3.26. The normalized spacial score (nSPS) is 14.9. The van der Waals surface area contributed by atoms with Gasteiger partial charge in [0.15, 0.2) is 0 Å². The molecule has 1 N–H and O–H groups in total. The number of rotatable bonds is 10. The first-order chi connectivity index (χ1) is 20.4. The SMILES string of the molecule is COc1ccc(F)cc1[C@H](Cn1c(=O)n(C(C)(C)C(=O)N2CCCC2)c(=O)c2c(C)c(-n3cccn3)sc21)OC[C@H](C)O.S. The Kier molecular flexibility index (Phi) is 10.1. The molecular weight excluding hydrogens is 609 g/mol. The first-order valence-electron chi connectivity index (χ1n) is 14.2. The third-order valence-corrected chi connectivity index (χ3v) is 9.11. The molecule has 4 heterocycles. The minimum atomic E-state index is -1.50. The Morgan fingerprint density at radius 2 is 1.93 bits per heavy atom. The summed E-state index contributed by atoms with van der Waals surface area (Å²) in [5.41, 5.74) is -1.85. The van der Waals surface area contributed by atoms with E-state index in [1.807, 2.05) is 0 Å². The van der Waals surface area contributed by atoms with Gasteiger partial charge >= 0.3 is 5.69 Å². The Hall–Kier alpha value is -3.46. The molecular formula is C30H38FN5O6S2. The van der Waals surface area contributed by atoms with Crippen LogP contribution in [0.5, 0.6) is 5.75 Å². The van der Waals surface area contributed by atoms with Crippen LogP contribution in [0, 0.1) is 12.7 Å². The summed E-state index contributed by atoms with van der Waals surface area (Å²) in [5.74, 6) is -0.517. The van der Waals surface area contributed by atoms with Crippen LogP contribution in [0.25, 0.3) is 15.2 Å². The lowest BCUT2D eigenvalue weighted by atomic mass is 10.0. The number of aliphatic hydroxyl groups excluding tert-OH is 1. The monoisotopic (exact) mass is 647 g/mol. The Morgan fingerprint density at radius 1 is 1.23 bits per heavy atom. The molecule has 0 unspecified atom stereocenters. The van der Waals surface area contributed by atoms with Gasteiger partial charge in [-0.1, -0.05) is 11.3 Å². The highest BCUT2D eigenvalue weighted by Gasteiger charge is 2.39. The van der Waals surface area contributed by atoms with Gasteiger partial charge in [-0.15, -0.1) is 0 Å². The molecule has 0 bridgehead atoms. The van der Waals surface area contributed by atoms with Gasteiger partial charge in [0, 0.05) is 36.6 Å². The number of likely N-dealkylation sites (tertiary alicyclic amines) is 1. The van der Waals surface area contributed by atoms with Gasteiger partial charge in [0.05, 0.1) is 31.8 Å². The predicted molar refractivity (Wildman–Crippen MR) is 171 cm³/mol. The molecule has 1 fully saturated rings. The predicted octanol–water partition coefficient (Wildman–Crippen LogP) is 3.48. The van der Waals surface area contributed by atoms with Crippen molar-refractivity contribution >= 4 is 41.0 Å². The van der Waals surface area contributed by atoms with Crippen LogP contribution < -0.4 is 16.0 Å². The van der Waals surface area contributed by atoms with E-state index in [1.165, 1.54) is 41.2 Å². The minimum absolute atomic E-state index is 0. The van der Waals surface area contributed by atoms with Crippen molar-refractivity contribution in [3.05, 3.63) is 74.4 Å². The van der Waals surface area contributed by atoms with E-state index in [1.54, 1.807) is 55.7 Å². The summed E-state index contributed by atoms with van der Waals surface area (Å²) in [5, 5.41) is 15.3. The Bertz CT molecular complexity index is 1760. The molecule has 5 rings (SSSR count). The molecule has 238 valence electrons. The van der Waals surface area contributed by atoms with Crippen LogP contribution in [0.1, 0.15) is 50.8 Å². The number of fused-ring (bicyclic) bond motifs is 1. The summed E-state index contributed by atoms with van der Waals surface area (Å²) in [6.45, 7) is 7.35. The average molecular weight is 648 g/mol. The molecule has 3 aromatic heterocycles. The number of amides is 1. The van der Waals surface area contributed by atoms with Gasteiger partial charge in [0.1, 0.15) is 33.0 Å². The second-order valence-corrected chi connectivity index (χ2v) is 12.3. The second-order valence-electron chi connectivity index (χ2n) is 11.3. The number of aromatic nitrogens is 4. The minimum Gasteiger partial charge on any atom is -0.496 e. The van der Waals surface area contributed by atoms with Crippen molar-refractivity contribution in [2.75, 3.05) is 26.8 Å². The average Bonchev–Trinajstić information content (AvgIpc) is 3.74. The molecule has 0 radical (unpaired) electrons. The lowest BCUT2D eigenvalue weighted by molar-refractivity contribution is -0.138. The number of hydrogen-bond acceptors (Lipinski definition) is 8. The topological polar surface area (TPSA) is 121 Å². The number of halogens is 1. The third kappa shape index (κ3) is 6.08. The number of nitrogens with zero attached hydrogens (tertiary/aromatic N) is 5. The standard InChI is InChI=1S/C30H36FN5O6S.H2S/c1-18(37)17-42-23(21-15-20(31)9-10-22(21)41-5)16-34-27-24(19(2)26(43-27)35-14-8-11-32-35)25(38)36(29(34)40)30(3,4)28(39)33-12-6-7-13-33;/h8-11,14-15,18,23,37H,6-7,12-13,16-17H2,1-5H3;1H2/t18-,23-;/m0./s1. The largest absolute Gasteiger partial charge is 0.496 e. The Balaban J connectivity index is 0.00000442. The summed E-state index contributed by atoms with van der Waals surface area (Å²) in [6, 6.07) is 5.73. The number of carbonyl (C=O) groups excluding carboxylic acids is 1. The molecule has 1 aliphatic rings. The van der Waals surface area contributed by atoms with E-state index < -0.39 is 34.8 Å². The van der Waals surface area contributed by atoms with E-state index in [0.29, 0.717) is 39.8 Å². The number of carbonyl (C=O) groups is 1. The molecule has 14 heteroatoms. The highest BCUT2D eigenvalue weighted by Crippen LogP contribution is 2.35. The van der Waals surface area contributed by atoms with Gasteiger partial charge in [-0.25, -0.2) is 18.4 Å². The van der Waals surface area contributed by atoms with Gasteiger partial charge in [-0.3, -0.25) is 14.2 Å². The molecule has 2 atom stereocenters. The van der Waals surface area contributed by atoms with Crippen LogP contribution in [0.2, 0.25) is 0 Å². The number of methoxy groups -OCH3 is 1. The lowest BCUT2D eigenvalue weighted by Crippen LogP contribution is -2.56. The second kappa shape index (κ2) is 13.3. The fraction of sp³-hybridized carbons (Fsp3) is 0.467. The van der Waals surface area contributed by atoms with Crippen LogP contribution in [0.3, 0.4) is 0 Å². The zero-order valence-corrected chi connectivity index (χ0v) is 27.2. The van der Waals surface area contributed by atoms with E-state index in [9.17, 15) is 23.9 Å². The Morgan fingerprint density at radius 3 is 2.55 bits per heavy atom. The van der Waals surface area contributed by atoms with Crippen molar-refractivity contribution in [2.45, 2.75) is 64.8 Å². The van der Waals surface area contributed by atoms with E-state index >= 15 is 0 Å². The smallest absolute Gasteiger partial charge is 0.333 e. The fourth-order valence-electron chi connectivity index (χ4n) is 5.62. The number of aliphatic hydroxyl groups is 1. The third-order valence-electron chi connectivity index (χ3n) is 7.80. The number of hydrogen-bond donors (Lipinski definition) is 1. The maximum atomic E-state index is 14.5. The summed E-state index contributed by atoms with van der Waals surface area (Å²) >= 11 is 1.21. The maximum absolute atomic E-state index is 14.5. The van der Waals surface area contributed by atoms with E-state index in [4.69, 9.17) is 9.47 Å². The lowest BCUT2D eigenvalue weighted by Gasteiger charge is -2.31. The van der Waals surface area contributed by atoms with Crippen molar-refractivity contribution in [3.63, 3.8) is 0 Å². The first-order valence-corrected chi connectivity index (χ1v) is 15.0. The number of thiophene rings is 1. The van der Waals surface area contributed by atoms with Crippen LogP contribution in [0.15, 0.2) is 46.2 Å². The van der Waals surface area contributed by atoms with Crippen molar-refractivity contribution in [1.29, 1.82) is 0 Å². The van der Waals surface area contributed by atoms with Crippen molar-refractivity contribution in [1.82, 2.24) is 23.8 Å². The molecule has 44 heavy (non-hydrogen) atoms. The first kappa shape index (κ1) is 33.4. The van der Waals surface area contributed by atoms with Gasteiger partial charge in [0.25, 0.3) is 5.56 Å². The fourth-order valence-corrected chi connectivity index (χ4v) is 6.86. The molecule has 1 aromatic carbocycles. The zero-order chi connectivity index (χ0) is 31.1. The quantitative estimate of drug-likeness (QED) is 0.280. The molecule has 0 spiro atoms. The van der Waals surface area contributed by atoms with Crippen molar-refractivity contribution in [2.24, 2.45) is 0 Å². The summed E-state index contributed by atoms with van der Waals surface area (Å²) in [7, 11) is 1.44. The number of benzene rings is 1. The molecule has 4 aromatic rings. The van der Waals surface area contributed by atoms with Crippen molar-refractivity contribution in [3.8, 4) is 10.8 Å². The highest BCUT2D eigenvalue weighted by atomic mass is 32.1. The summed E-state index contributed by atoms with van der Waals surface area (Å²) in [4.78, 5) is 44.4. The van der Waals surface area contributed by atoms with Gasteiger partial charge < -0.3 is 19.5 Å².